The van der Waals surface area contributed by atoms with E-state index in [-0.39, 0.29) is 25.1 Å². The molecule has 0 N–H and O–H groups in total. The predicted molar refractivity (Wildman–Crippen MR) is 114 cm³/mol. The maximum atomic E-state index is 13.6. The zero-order valence-corrected chi connectivity index (χ0v) is 18.7. The van der Waals surface area contributed by atoms with E-state index in [9.17, 15) is 44.3 Å². The molecule has 0 aliphatic carbocycles. The van der Waals surface area contributed by atoms with Crippen LogP contribution in [0.1, 0.15) is 45.0 Å². The summed E-state index contributed by atoms with van der Waals surface area (Å²) >= 11 is 0. The summed E-state index contributed by atoms with van der Waals surface area (Å²) in [4.78, 5) is 18.4. The number of amides is 1. The van der Waals surface area contributed by atoms with Crippen molar-refractivity contribution in [2.45, 2.75) is 30.9 Å². The SMILES string of the molecule is O=C(c1cc(-c2cc(C(F)(F)F)cc(C(F)(F)F)c2)cc(C(F)(F)F)c1)N1CCC(c2cccnc2)C1. The van der Waals surface area contributed by atoms with Crippen LogP contribution in [0.15, 0.2) is 60.9 Å². The van der Waals surface area contributed by atoms with Crippen LogP contribution >= 0.6 is 0 Å². The molecule has 2 heterocycles. The molecule has 2 aromatic carbocycles. The van der Waals surface area contributed by atoms with E-state index in [4.69, 9.17) is 0 Å². The van der Waals surface area contributed by atoms with Crippen LogP contribution in [0.25, 0.3) is 11.1 Å². The zero-order chi connectivity index (χ0) is 27.2. The monoisotopic (exact) mass is 532 g/mol. The van der Waals surface area contributed by atoms with E-state index in [0.29, 0.717) is 30.7 Å². The Morgan fingerprint density at radius 1 is 0.784 bits per heavy atom. The van der Waals surface area contributed by atoms with Crippen molar-refractivity contribution in [3.05, 3.63) is 88.7 Å². The minimum atomic E-state index is -5.19. The predicted octanol–water partition coefficient (Wildman–Crippen LogP) is 7.43. The molecule has 3 aromatic rings. The fourth-order valence-electron chi connectivity index (χ4n) is 4.22. The summed E-state index contributed by atoms with van der Waals surface area (Å²) in [5, 5.41) is 0. The highest BCUT2D eigenvalue weighted by Crippen LogP contribution is 2.40. The second-order valence-corrected chi connectivity index (χ2v) is 8.61. The van der Waals surface area contributed by atoms with Crippen LogP contribution in [0.5, 0.6) is 0 Å². The lowest BCUT2D eigenvalue weighted by molar-refractivity contribution is -0.143. The molecule has 1 aromatic heterocycles. The number of hydrogen-bond acceptors (Lipinski definition) is 2. The Balaban J connectivity index is 1.77. The first-order valence-corrected chi connectivity index (χ1v) is 10.8. The quantitative estimate of drug-likeness (QED) is 0.329. The molecule has 4 rings (SSSR count). The van der Waals surface area contributed by atoms with E-state index in [0.717, 1.165) is 11.6 Å². The Bertz CT molecular complexity index is 1270. The van der Waals surface area contributed by atoms with E-state index in [1.54, 1.807) is 24.5 Å². The van der Waals surface area contributed by atoms with E-state index >= 15 is 0 Å². The van der Waals surface area contributed by atoms with Crippen LogP contribution in [0.2, 0.25) is 0 Å². The first kappa shape index (κ1) is 26.5. The van der Waals surface area contributed by atoms with Crippen molar-refractivity contribution < 1.29 is 44.3 Å². The average molecular weight is 532 g/mol. The van der Waals surface area contributed by atoms with E-state index < -0.39 is 57.8 Å². The molecule has 1 fully saturated rings. The van der Waals surface area contributed by atoms with Gasteiger partial charge < -0.3 is 4.90 Å². The van der Waals surface area contributed by atoms with Crippen molar-refractivity contribution in [3.8, 4) is 11.1 Å². The summed E-state index contributed by atoms with van der Waals surface area (Å²) in [5.74, 6) is -0.942. The van der Waals surface area contributed by atoms with Crippen molar-refractivity contribution >= 4 is 5.91 Å². The van der Waals surface area contributed by atoms with Gasteiger partial charge >= 0.3 is 18.5 Å². The molecule has 37 heavy (non-hydrogen) atoms. The fourth-order valence-corrected chi connectivity index (χ4v) is 4.22. The lowest BCUT2D eigenvalue weighted by Crippen LogP contribution is -2.28. The summed E-state index contributed by atoms with van der Waals surface area (Å²) in [7, 11) is 0. The molecule has 1 aliphatic rings. The second-order valence-electron chi connectivity index (χ2n) is 8.61. The Labute approximate surface area is 204 Å². The van der Waals surface area contributed by atoms with Gasteiger partial charge in [0.25, 0.3) is 5.91 Å². The van der Waals surface area contributed by atoms with Gasteiger partial charge in [-0.15, -0.1) is 0 Å². The first-order valence-electron chi connectivity index (χ1n) is 10.8. The Morgan fingerprint density at radius 2 is 1.32 bits per heavy atom. The van der Waals surface area contributed by atoms with Gasteiger partial charge in [0.2, 0.25) is 0 Å². The maximum Gasteiger partial charge on any atom is 0.416 e. The van der Waals surface area contributed by atoms with Crippen molar-refractivity contribution in [3.63, 3.8) is 0 Å². The molecule has 0 spiro atoms. The van der Waals surface area contributed by atoms with Crippen LogP contribution in [0, 0.1) is 0 Å². The highest BCUT2D eigenvalue weighted by molar-refractivity contribution is 5.96. The van der Waals surface area contributed by atoms with Crippen LogP contribution in [-0.2, 0) is 18.5 Å². The van der Waals surface area contributed by atoms with Gasteiger partial charge in [-0.2, -0.15) is 39.5 Å². The minimum Gasteiger partial charge on any atom is -0.338 e. The molecular weight excluding hydrogens is 515 g/mol. The van der Waals surface area contributed by atoms with Crippen LogP contribution < -0.4 is 0 Å². The van der Waals surface area contributed by atoms with Gasteiger partial charge in [-0.05, 0) is 65.6 Å². The van der Waals surface area contributed by atoms with Crippen molar-refractivity contribution in [2.24, 2.45) is 0 Å². The molecule has 1 atom stereocenters. The average Bonchev–Trinajstić information content (AvgIpc) is 3.32. The first-order chi connectivity index (χ1) is 17.1. The highest BCUT2D eigenvalue weighted by atomic mass is 19.4. The van der Waals surface area contributed by atoms with Crippen LogP contribution in [0.3, 0.4) is 0 Å². The largest absolute Gasteiger partial charge is 0.416 e. The van der Waals surface area contributed by atoms with Gasteiger partial charge in [-0.1, -0.05) is 6.07 Å². The topological polar surface area (TPSA) is 33.2 Å². The number of benzene rings is 2. The summed E-state index contributed by atoms with van der Waals surface area (Å²) in [5.41, 5.74) is -5.76. The number of aromatic nitrogens is 1. The summed E-state index contributed by atoms with van der Waals surface area (Å²) in [6, 6.07) is 5.87. The highest BCUT2D eigenvalue weighted by Gasteiger charge is 2.38. The molecule has 1 amide bonds. The Kier molecular flexibility index (Phi) is 6.72. The molecule has 0 radical (unpaired) electrons. The zero-order valence-electron chi connectivity index (χ0n) is 18.7. The van der Waals surface area contributed by atoms with Gasteiger partial charge in [0, 0.05) is 37.0 Å². The third kappa shape index (κ3) is 5.89. The molecule has 1 saturated heterocycles. The Morgan fingerprint density at radius 3 is 1.84 bits per heavy atom. The van der Waals surface area contributed by atoms with E-state index in [1.807, 2.05) is 0 Å². The smallest absolute Gasteiger partial charge is 0.338 e. The van der Waals surface area contributed by atoms with Crippen molar-refractivity contribution in [2.75, 3.05) is 13.1 Å². The lowest BCUT2D eigenvalue weighted by Gasteiger charge is -2.19. The number of pyridine rings is 1. The number of carbonyl (C=O) groups is 1. The van der Waals surface area contributed by atoms with Gasteiger partial charge in [0.05, 0.1) is 16.7 Å². The number of carbonyl (C=O) groups excluding carboxylic acids is 1. The molecule has 12 heteroatoms. The molecule has 1 unspecified atom stereocenters. The molecule has 0 bridgehead atoms. The van der Waals surface area contributed by atoms with Crippen LogP contribution in [-0.4, -0.2) is 28.9 Å². The molecule has 1 aliphatic heterocycles. The molecular formula is C25H17F9N2O. The summed E-state index contributed by atoms with van der Waals surface area (Å²) < 4.78 is 121. The third-order valence-electron chi connectivity index (χ3n) is 6.06. The number of alkyl halides is 9. The summed E-state index contributed by atoms with van der Waals surface area (Å²) in [6.07, 6.45) is -11.7. The van der Waals surface area contributed by atoms with E-state index in [1.165, 1.54) is 4.90 Å². The van der Waals surface area contributed by atoms with Gasteiger partial charge in [-0.3, -0.25) is 9.78 Å². The maximum absolute atomic E-state index is 13.6. The standard InChI is InChI=1S/C25H17F9N2O/c26-23(27,28)19-7-16(17-8-20(24(29,30)31)11-21(9-17)25(32,33)34)6-18(10-19)22(37)36-5-3-15(13-36)14-2-1-4-35-12-14/h1-2,4,6-12,15H,3,5,13H2. The van der Waals surface area contributed by atoms with E-state index in [2.05, 4.69) is 4.98 Å². The number of nitrogens with zero attached hydrogens (tertiary/aromatic N) is 2. The third-order valence-corrected chi connectivity index (χ3v) is 6.06. The second kappa shape index (κ2) is 9.38. The lowest BCUT2D eigenvalue weighted by atomic mass is 9.95. The van der Waals surface area contributed by atoms with Gasteiger partial charge in [0.15, 0.2) is 0 Å². The summed E-state index contributed by atoms with van der Waals surface area (Å²) in [6.45, 7) is 0.365. The number of rotatable bonds is 3. The Hall–Kier alpha value is -3.57. The molecule has 0 saturated carbocycles. The number of likely N-dealkylation sites (tertiary alicyclic amines) is 1. The van der Waals surface area contributed by atoms with Crippen molar-refractivity contribution in [1.82, 2.24) is 9.88 Å². The van der Waals surface area contributed by atoms with Gasteiger partial charge in [-0.25, -0.2) is 0 Å². The minimum absolute atomic E-state index is 0.119. The number of hydrogen-bond donors (Lipinski definition) is 0. The van der Waals surface area contributed by atoms with Crippen LogP contribution in [0.4, 0.5) is 39.5 Å². The normalized spacial score (nSPS) is 16.8. The molecule has 3 nitrogen and oxygen atoms in total. The molecule has 196 valence electrons. The fraction of sp³-hybridized carbons (Fsp3) is 0.280. The van der Waals surface area contributed by atoms with Crippen molar-refractivity contribution in [1.29, 1.82) is 0 Å². The van der Waals surface area contributed by atoms with Gasteiger partial charge in [0.1, 0.15) is 0 Å². The number of halogens is 9.